The molecule has 4 rings (SSSR count). The Hall–Kier alpha value is -2.72. The smallest absolute Gasteiger partial charge is 0.335 e. The molecule has 0 spiro atoms. The van der Waals surface area contributed by atoms with Gasteiger partial charge in [0.25, 0.3) is 0 Å². The molecule has 4 heteroatoms. The topological polar surface area (TPSA) is 49.3 Å². The van der Waals surface area contributed by atoms with Crippen molar-refractivity contribution in [1.82, 2.24) is 0 Å². The summed E-state index contributed by atoms with van der Waals surface area (Å²) in [5, 5.41) is 12.7. The third kappa shape index (κ3) is 3.01. The zero-order chi connectivity index (χ0) is 17.4. The van der Waals surface area contributed by atoms with E-state index in [1.165, 1.54) is 9.79 Å². The summed E-state index contributed by atoms with van der Waals surface area (Å²) in [4.78, 5) is 13.6. The van der Waals surface area contributed by atoms with Crippen LogP contribution in [0.1, 0.15) is 34.3 Å². The van der Waals surface area contributed by atoms with Gasteiger partial charge >= 0.3 is 5.97 Å². The number of nitrogens with one attached hydrogen (secondary N) is 1. The van der Waals surface area contributed by atoms with Gasteiger partial charge in [0.15, 0.2) is 0 Å². The highest BCUT2D eigenvalue weighted by Crippen LogP contribution is 2.45. The maximum absolute atomic E-state index is 11.2. The first kappa shape index (κ1) is 15.8. The lowest BCUT2D eigenvalue weighted by Gasteiger charge is -2.22. The number of para-hydroxylation sites is 1. The third-order valence-electron chi connectivity index (χ3n) is 4.51. The van der Waals surface area contributed by atoms with Crippen LogP contribution in [0.5, 0.6) is 0 Å². The highest BCUT2D eigenvalue weighted by Gasteiger charge is 2.18. The number of benzene rings is 3. The second-order valence-corrected chi connectivity index (χ2v) is 7.21. The van der Waals surface area contributed by atoms with Gasteiger partial charge in [-0.2, -0.15) is 0 Å². The van der Waals surface area contributed by atoms with E-state index in [2.05, 4.69) is 42.6 Å². The standard InChI is InChI=1S/C21H17NO2S/c1-13(14-5-4-6-16(11-14)21(23)24)15-9-10-20-18(12-15)22-17-7-2-3-8-19(17)25-20/h2-13,22H,1H3,(H,23,24). The van der Waals surface area contributed by atoms with Crippen LogP contribution in [-0.2, 0) is 0 Å². The number of fused-ring (bicyclic) bond motifs is 2. The molecule has 0 fully saturated rings. The summed E-state index contributed by atoms with van der Waals surface area (Å²) >= 11 is 1.76. The number of carboxylic acids is 1. The minimum Gasteiger partial charge on any atom is -0.478 e. The van der Waals surface area contributed by atoms with E-state index in [0.717, 1.165) is 22.5 Å². The van der Waals surface area contributed by atoms with Crippen LogP contribution < -0.4 is 5.32 Å². The molecule has 0 bridgehead atoms. The molecule has 1 aliphatic heterocycles. The highest BCUT2D eigenvalue weighted by atomic mass is 32.2. The Balaban J connectivity index is 1.67. The van der Waals surface area contributed by atoms with E-state index in [4.69, 9.17) is 0 Å². The number of carbonyl (C=O) groups is 1. The van der Waals surface area contributed by atoms with Gasteiger partial charge in [-0.3, -0.25) is 0 Å². The van der Waals surface area contributed by atoms with Crippen LogP contribution in [0.25, 0.3) is 0 Å². The Kier molecular flexibility index (Phi) is 3.98. The zero-order valence-electron chi connectivity index (χ0n) is 13.7. The summed E-state index contributed by atoms with van der Waals surface area (Å²) in [7, 11) is 0. The van der Waals surface area contributed by atoms with Crippen LogP contribution in [-0.4, -0.2) is 11.1 Å². The quantitative estimate of drug-likeness (QED) is 0.496. The number of hydrogen-bond acceptors (Lipinski definition) is 3. The third-order valence-corrected chi connectivity index (χ3v) is 5.67. The molecule has 3 nitrogen and oxygen atoms in total. The Bertz CT molecular complexity index is 968. The van der Waals surface area contributed by atoms with E-state index >= 15 is 0 Å². The molecular formula is C21H17NO2S. The van der Waals surface area contributed by atoms with Crippen molar-refractivity contribution < 1.29 is 9.90 Å². The van der Waals surface area contributed by atoms with Gasteiger partial charge in [-0.15, -0.1) is 0 Å². The number of aromatic carboxylic acids is 1. The van der Waals surface area contributed by atoms with Crippen molar-refractivity contribution in [2.45, 2.75) is 22.6 Å². The molecule has 2 N–H and O–H groups in total. The molecule has 1 atom stereocenters. The van der Waals surface area contributed by atoms with Gasteiger partial charge in [-0.1, -0.05) is 49.0 Å². The maximum Gasteiger partial charge on any atom is 0.335 e. The van der Waals surface area contributed by atoms with Crippen LogP contribution in [0, 0.1) is 0 Å². The molecule has 0 saturated heterocycles. The highest BCUT2D eigenvalue weighted by molar-refractivity contribution is 7.99. The van der Waals surface area contributed by atoms with Gasteiger partial charge in [0, 0.05) is 15.7 Å². The van der Waals surface area contributed by atoms with E-state index in [1.54, 1.807) is 30.0 Å². The molecular weight excluding hydrogens is 330 g/mol. The molecule has 0 amide bonds. The van der Waals surface area contributed by atoms with Gasteiger partial charge in [0.05, 0.1) is 16.9 Å². The number of hydrogen-bond donors (Lipinski definition) is 2. The Morgan fingerprint density at radius 3 is 2.52 bits per heavy atom. The van der Waals surface area contributed by atoms with E-state index in [-0.39, 0.29) is 5.92 Å². The first-order valence-electron chi connectivity index (χ1n) is 8.13. The van der Waals surface area contributed by atoms with Crippen molar-refractivity contribution in [2.24, 2.45) is 0 Å². The summed E-state index contributed by atoms with van der Waals surface area (Å²) in [5.74, 6) is -0.775. The van der Waals surface area contributed by atoms with Crippen molar-refractivity contribution in [3.8, 4) is 0 Å². The van der Waals surface area contributed by atoms with Gasteiger partial charge in [0.2, 0.25) is 0 Å². The number of anilines is 2. The lowest BCUT2D eigenvalue weighted by molar-refractivity contribution is 0.0696. The van der Waals surface area contributed by atoms with Crippen molar-refractivity contribution in [2.75, 3.05) is 5.32 Å². The summed E-state index contributed by atoms with van der Waals surface area (Å²) in [6.07, 6.45) is 0. The summed E-state index contributed by atoms with van der Waals surface area (Å²) in [6, 6.07) is 21.9. The van der Waals surface area contributed by atoms with Gasteiger partial charge in [-0.25, -0.2) is 4.79 Å². The van der Waals surface area contributed by atoms with Crippen LogP contribution in [0.3, 0.4) is 0 Å². The van der Waals surface area contributed by atoms with Crippen LogP contribution >= 0.6 is 11.8 Å². The fraction of sp³-hybridized carbons (Fsp3) is 0.0952. The average Bonchev–Trinajstić information content (AvgIpc) is 2.65. The Morgan fingerprint density at radius 2 is 1.68 bits per heavy atom. The number of carboxylic acid groups (broad SMARTS) is 1. The van der Waals surface area contributed by atoms with Gasteiger partial charge in [-0.05, 0) is 47.5 Å². The zero-order valence-corrected chi connectivity index (χ0v) is 14.5. The normalized spacial score (nSPS) is 13.3. The van der Waals surface area contributed by atoms with Crippen molar-refractivity contribution in [3.63, 3.8) is 0 Å². The van der Waals surface area contributed by atoms with Crippen molar-refractivity contribution in [3.05, 3.63) is 83.4 Å². The molecule has 1 heterocycles. The Labute approximate surface area is 150 Å². The Morgan fingerprint density at radius 1 is 0.920 bits per heavy atom. The summed E-state index contributed by atoms with van der Waals surface area (Å²) < 4.78 is 0. The molecule has 0 saturated carbocycles. The molecule has 0 aromatic heterocycles. The second kappa shape index (κ2) is 6.30. The van der Waals surface area contributed by atoms with E-state index in [9.17, 15) is 9.90 Å². The summed E-state index contributed by atoms with van der Waals surface area (Å²) in [5.41, 5.74) is 4.71. The predicted molar refractivity (Wildman–Crippen MR) is 101 cm³/mol. The van der Waals surface area contributed by atoms with Crippen LogP contribution in [0.15, 0.2) is 76.5 Å². The largest absolute Gasteiger partial charge is 0.478 e. The molecule has 25 heavy (non-hydrogen) atoms. The van der Waals surface area contributed by atoms with Crippen LogP contribution in [0.4, 0.5) is 11.4 Å². The van der Waals surface area contributed by atoms with Gasteiger partial charge in [0.1, 0.15) is 0 Å². The molecule has 3 aromatic carbocycles. The minimum atomic E-state index is -0.894. The fourth-order valence-electron chi connectivity index (χ4n) is 3.06. The summed E-state index contributed by atoms with van der Waals surface area (Å²) in [6.45, 7) is 2.10. The molecule has 3 aromatic rings. The molecule has 0 radical (unpaired) electrons. The molecule has 1 unspecified atom stereocenters. The molecule has 124 valence electrons. The lowest BCUT2D eigenvalue weighted by Crippen LogP contribution is -2.03. The van der Waals surface area contributed by atoms with Crippen molar-refractivity contribution >= 4 is 29.1 Å². The minimum absolute atomic E-state index is 0.119. The first-order valence-corrected chi connectivity index (χ1v) is 8.94. The average molecular weight is 347 g/mol. The first-order chi connectivity index (χ1) is 12.1. The second-order valence-electron chi connectivity index (χ2n) is 6.13. The van der Waals surface area contributed by atoms with Crippen molar-refractivity contribution in [1.29, 1.82) is 0 Å². The van der Waals surface area contributed by atoms with E-state index in [1.807, 2.05) is 18.2 Å². The van der Waals surface area contributed by atoms with Gasteiger partial charge < -0.3 is 10.4 Å². The maximum atomic E-state index is 11.2. The lowest BCUT2D eigenvalue weighted by atomic mass is 9.91. The SMILES string of the molecule is CC(c1cccc(C(=O)O)c1)c1ccc2c(c1)Nc1ccccc1S2. The molecule has 1 aliphatic rings. The number of rotatable bonds is 3. The van der Waals surface area contributed by atoms with E-state index in [0.29, 0.717) is 5.56 Å². The monoisotopic (exact) mass is 347 g/mol. The van der Waals surface area contributed by atoms with Crippen LogP contribution in [0.2, 0.25) is 0 Å². The van der Waals surface area contributed by atoms with E-state index < -0.39 is 5.97 Å². The fourth-order valence-corrected chi connectivity index (χ4v) is 4.03. The molecule has 0 aliphatic carbocycles. The predicted octanol–water partition coefficient (Wildman–Crippen LogP) is 5.74.